The summed E-state index contributed by atoms with van der Waals surface area (Å²) in [5.74, 6) is 0.889. The standard InChI is InChI=1S/C13H5BrCl3NO/c14-9-4-12(17)13(5-11(9)16)19-8-2-1-7(6-18)10(15)3-8/h1-5H. The van der Waals surface area contributed by atoms with Crippen LogP contribution >= 0.6 is 50.7 Å². The molecule has 0 aliphatic carbocycles. The molecule has 19 heavy (non-hydrogen) atoms. The molecule has 96 valence electrons. The average molecular weight is 377 g/mol. The molecule has 0 radical (unpaired) electrons. The van der Waals surface area contributed by atoms with Gasteiger partial charge in [0.05, 0.1) is 20.6 Å². The molecule has 2 aromatic rings. The molecule has 0 aromatic heterocycles. The van der Waals surface area contributed by atoms with Gasteiger partial charge >= 0.3 is 0 Å². The summed E-state index contributed by atoms with van der Waals surface area (Å²) in [6, 6.07) is 9.97. The van der Waals surface area contributed by atoms with Crippen LogP contribution in [-0.2, 0) is 0 Å². The van der Waals surface area contributed by atoms with E-state index in [1.807, 2.05) is 6.07 Å². The van der Waals surface area contributed by atoms with E-state index < -0.39 is 0 Å². The maximum Gasteiger partial charge on any atom is 0.147 e. The predicted molar refractivity (Wildman–Crippen MR) is 80.4 cm³/mol. The summed E-state index contributed by atoms with van der Waals surface area (Å²) < 4.78 is 6.28. The van der Waals surface area contributed by atoms with Crippen LogP contribution in [0.2, 0.25) is 15.1 Å². The molecule has 0 amide bonds. The fourth-order valence-electron chi connectivity index (χ4n) is 1.36. The molecule has 0 bridgehead atoms. The van der Waals surface area contributed by atoms with Gasteiger partial charge in [-0.1, -0.05) is 34.8 Å². The second-order valence-corrected chi connectivity index (χ2v) is 5.63. The van der Waals surface area contributed by atoms with Gasteiger partial charge in [-0.05, 0) is 34.1 Å². The Morgan fingerprint density at radius 2 is 1.74 bits per heavy atom. The SMILES string of the molecule is N#Cc1ccc(Oc2cc(Cl)c(Br)cc2Cl)cc1Cl. The minimum Gasteiger partial charge on any atom is -0.456 e. The van der Waals surface area contributed by atoms with Gasteiger partial charge in [-0.25, -0.2) is 0 Å². The van der Waals surface area contributed by atoms with Gasteiger partial charge in [-0.15, -0.1) is 0 Å². The zero-order valence-corrected chi connectivity index (χ0v) is 13.1. The number of ether oxygens (including phenoxy) is 1. The van der Waals surface area contributed by atoms with Gasteiger partial charge in [-0.3, -0.25) is 0 Å². The molecular formula is C13H5BrCl3NO. The Labute approximate surface area is 133 Å². The maximum atomic E-state index is 8.79. The monoisotopic (exact) mass is 375 g/mol. The van der Waals surface area contributed by atoms with Crippen LogP contribution in [0, 0.1) is 11.3 Å². The molecule has 0 N–H and O–H groups in total. The number of halogens is 4. The van der Waals surface area contributed by atoms with Crippen molar-refractivity contribution >= 4 is 50.7 Å². The third kappa shape index (κ3) is 3.34. The highest BCUT2D eigenvalue weighted by molar-refractivity contribution is 9.10. The summed E-state index contributed by atoms with van der Waals surface area (Å²) in [4.78, 5) is 0. The summed E-state index contributed by atoms with van der Waals surface area (Å²) in [5, 5.41) is 10.0. The van der Waals surface area contributed by atoms with Crippen molar-refractivity contribution in [1.29, 1.82) is 5.26 Å². The fraction of sp³-hybridized carbons (Fsp3) is 0. The third-order valence-electron chi connectivity index (χ3n) is 2.26. The number of rotatable bonds is 2. The van der Waals surface area contributed by atoms with Gasteiger partial charge in [0, 0.05) is 16.6 Å². The molecule has 0 saturated carbocycles. The van der Waals surface area contributed by atoms with Crippen molar-refractivity contribution in [3.63, 3.8) is 0 Å². The normalized spacial score (nSPS) is 10.1. The molecule has 0 aliphatic heterocycles. The van der Waals surface area contributed by atoms with E-state index in [0.29, 0.717) is 36.6 Å². The predicted octanol–water partition coefficient (Wildman–Crippen LogP) is 6.07. The molecule has 2 nitrogen and oxygen atoms in total. The second kappa shape index (κ2) is 6.02. The van der Waals surface area contributed by atoms with Gasteiger partial charge in [0.15, 0.2) is 0 Å². The minimum absolute atomic E-state index is 0.319. The highest BCUT2D eigenvalue weighted by atomic mass is 79.9. The highest BCUT2D eigenvalue weighted by Crippen LogP contribution is 2.37. The number of hydrogen-bond acceptors (Lipinski definition) is 2. The molecule has 0 heterocycles. The number of hydrogen-bond donors (Lipinski definition) is 0. The van der Waals surface area contributed by atoms with E-state index in [1.165, 1.54) is 0 Å². The first-order valence-corrected chi connectivity index (χ1v) is 6.96. The smallest absolute Gasteiger partial charge is 0.147 e. The van der Waals surface area contributed by atoms with Crippen molar-refractivity contribution in [2.75, 3.05) is 0 Å². The van der Waals surface area contributed by atoms with Crippen LogP contribution in [0.15, 0.2) is 34.8 Å². The Balaban J connectivity index is 2.34. The summed E-state index contributed by atoms with van der Waals surface area (Å²) in [6.45, 7) is 0. The van der Waals surface area contributed by atoms with Gasteiger partial charge in [0.2, 0.25) is 0 Å². The Hall–Kier alpha value is -0.920. The van der Waals surface area contributed by atoms with Gasteiger partial charge < -0.3 is 4.74 Å². The van der Waals surface area contributed by atoms with E-state index in [-0.39, 0.29) is 0 Å². The third-order valence-corrected chi connectivity index (χ3v) is 4.07. The molecule has 2 rings (SSSR count). The first-order chi connectivity index (χ1) is 9.01. The van der Waals surface area contributed by atoms with Crippen LogP contribution in [0.3, 0.4) is 0 Å². The van der Waals surface area contributed by atoms with Crippen molar-refractivity contribution in [3.05, 3.63) is 55.4 Å². The first kappa shape index (κ1) is 14.5. The van der Waals surface area contributed by atoms with Crippen LogP contribution in [0.1, 0.15) is 5.56 Å². The van der Waals surface area contributed by atoms with Crippen molar-refractivity contribution in [2.45, 2.75) is 0 Å². The van der Waals surface area contributed by atoms with Crippen LogP contribution < -0.4 is 4.74 Å². The van der Waals surface area contributed by atoms with Crippen LogP contribution in [0.4, 0.5) is 0 Å². The van der Waals surface area contributed by atoms with Crippen molar-refractivity contribution < 1.29 is 4.74 Å². The lowest BCUT2D eigenvalue weighted by atomic mass is 10.2. The van der Waals surface area contributed by atoms with Gasteiger partial charge in [0.1, 0.15) is 17.6 Å². The summed E-state index contributed by atoms with van der Waals surface area (Å²) in [5.41, 5.74) is 0.383. The molecule has 2 aromatic carbocycles. The quantitative estimate of drug-likeness (QED) is 0.595. The Morgan fingerprint density at radius 3 is 2.37 bits per heavy atom. The Morgan fingerprint density at radius 1 is 1.00 bits per heavy atom. The summed E-state index contributed by atoms with van der Waals surface area (Å²) in [6.07, 6.45) is 0. The molecule has 0 saturated heterocycles. The zero-order chi connectivity index (χ0) is 14.0. The highest BCUT2D eigenvalue weighted by Gasteiger charge is 2.09. The van der Waals surface area contributed by atoms with E-state index in [4.69, 9.17) is 44.8 Å². The molecule has 0 fully saturated rings. The zero-order valence-electron chi connectivity index (χ0n) is 9.25. The van der Waals surface area contributed by atoms with Gasteiger partial charge in [-0.2, -0.15) is 5.26 Å². The lowest BCUT2D eigenvalue weighted by Gasteiger charge is -2.09. The first-order valence-electron chi connectivity index (χ1n) is 5.03. The summed E-state index contributed by atoms with van der Waals surface area (Å²) in [7, 11) is 0. The summed E-state index contributed by atoms with van der Waals surface area (Å²) >= 11 is 21.2. The van der Waals surface area contributed by atoms with Crippen molar-refractivity contribution in [3.8, 4) is 17.6 Å². The van der Waals surface area contributed by atoms with Crippen molar-refractivity contribution in [2.24, 2.45) is 0 Å². The lowest BCUT2D eigenvalue weighted by molar-refractivity contribution is 0.483. The van der Waals surface area contributed by atoms with Gasteiger partial charge in [0.25, 0.3) is 0 Å². The van der Waals surface area contributed by atoms with E-state index in [9.17, 15) is 0 Å². The van der Waals surface area contributed by atoms with Crippen LogP contribution in [-0.4, -0.2) is 0 Å². The maximum absolute atomic E-state index is 8.79. The molecular weight excluding hydrogens is 372 g/mol. The lowest BCUT2D eigenvalue weighted by Crippen LogP contribution is -1.87. The van der Waals surface area contributed by atoms with E-state index in [2.05, 4.69) is 15.9 Å². The number of benzene rings is 2. The Bertz CT molecular complexity index is 682. The minimum atomic E-state index is 0.319. The largest absolute Gasteiger partial charge is 0.456 e. The molecule has 0 spiro atoms. The number of nitriles is 1. The number of nitrogens with zero attached hydrogens (tertiary/aromatic N) is 1. The molecule has 0 unspecified atom stereocenters. The fourth-order valence-corrected chi connectivity index (χ4v) is 2.40. The van der Waals surface area contributed by atoms with Crippen LogP contribution in [0.25, 0.3) is 0 Å². The Kier molecular flexibility index (Phi) is 4.59. The van der Waals surface area contributed by atoms with E-state index in [0.717, 1.165) is 0 Å². The molecule has 0 aliphatic rings. The molecule has 6 heteroatoms. The average Bonchev–Trinajstić information content (AvgIpc) is 2.36. The van der Waals surface area contributed by atoms with E-state index in [1.54, 1.807) is 30.3 Å². The van der Waals surface area contributed by atoms with E-state index >= 15 is 0 Å². The molecule has 0 atom stereocenters. The second-order valence-electron chi connectivity index (χ2n) is 3.55. The van der Waals surface area contributed by atoms with Crippen LogP contribution in [0.5, 0.6) is 11.5 Å². The topological polar surface area (TPSA) is 33.0 Å². The van der Waals surface area contributed by atoms with Crippen molar-refractivity contribution in [1.82, 2.24) is 0 Å².